The molecule has 1 fully saturated rings. The summed E-state index contributed by atoms with van der Waals surface area (Å²) in [7, 11) is 0. The van der Waals surface area contributed by atoms with Crippen molar-refractivity contribution in [2.24, 2.45) is 5.92 Å². The van der Waals surface area contributed by atoms with E-state index in [1.165, 1.54) is 25.7 Å². The quantitative estimate of drug-likeness (QED) is 0.787. The highest BCUT2D eigenvalue weighted by molar-refractivity contribution is 5.91. The van der Waals surface area contributed by atoms with Crippen LogP contribution in [-0.4, -0.2) is 11.0 Å². The molecule has 0 aliphatic heterocycles. The van der Waals surface area contributed by atoms with Gasteiger partial charge in [-0.2, -0.15) is 0 Å². The molecule has 92 valence electrons. The molecule has 0 aromatic heterocycles. The lowest BCUT2D eigenvalue weighted by Crippen LogP contribution is -2.15. The van der Waals surface area contributed by atoms with Gasteiger partial charge in [0.05, 0.1) is 0 Å². The summed E-state index contributed by atoms with van der Waals surface area (Å²) in [6, 6.07) is 5.14. The molecule has 1 aliphatic rings. The maximum Gasteiger partial charge on any atom is 0.224 e. The van der Waals surface area contributed by atoms with Crippen molar-refractivity contribution in [1.29, 1.82) is 0 Å². The fourth-order valence-corrected chi connectivity index (χ4v) is 2.42. The molecule has 17 heavy (non-hydrogen) atoms. The second-order valence-corrected chi connectivity index (χ2v) is 4.90. The molecule has 0 spiro atoms. The second-order valence-electron chi connectivity index (χ2n) is 4.90. The molecule has 0 bridgehead atoms. The summed E-state index contributed by atoms with van der Waals surface area (Å²) < 4.78 is 0. The van der Waals surface area contributed by atoms with Crippen molar-refractivity contribution in [3.63, 3.8) is 0 Å². The summed E-state index contributed by atoms with van der Waals surface area (Å²) in [4.78, 5) is 11.8. The summed E-state index contributed by atoms with van der Waals surface area (Å²) in [6.07, 6.45) is 5.51. The van der Waals surface area contributed by atoms with Crippen LogP contribution >= 0.6 is 0 Å². The van der Waals surface area contributed by atoms with Gasteiger partial charge in [0.1, 0.15) is 5.75 Å². The SMILES string of the molecule is Cc1cc(NC(=O)CC2CCCC2)ccc1O. The highest BCUT2D eigenvalue weighted by atomic mass is 16.3. The minimum atomic E-state index is 0.0852. The first kappa shape index (κ1) is 12.0. The Bertz CT molecular complexity index is 409. The first-order valence-corrected chi connectivity index (χ1v) is 6.24. The van der Waals surface area contributed by atoms with E-state index < -0.39 is 0 Å². The number of phenols is 1. The molecule has 3 heteroatoms. The Balaban J connectivity index is 1.90. The zero-order chi connectivity index (χ0) is 12.3. The number of amides is 1. The van der Waals surface area contributed by atoms with E-state index in [0.29, 0.717) is 12.3 Å². The smallest absolute Gasteiger partial charge is 0.224 e. The highest BCUT2D eigenvalue weighted by Gasteiger charge is 2.18. The van der Waals surface area contributed by atoms with Crippen LogP contribution in [0.2, 0.25) is 0 Å². The van der Waals surface area contributed by atoms with Gasteiger partial charge < -0.3 is 10.4 Å². The Morgan fingerprint density at radius 2 is 2.12 bits per heavy atom. The fraction of sp³-hybridized carbons (Fsp3) is 0.500. The van der Waals surface area contributed by atoms with E-state index in [4.69, 9.17) is 0 Å². The van der Waals surface area contributed by atoms with Gasteiger partial charge in [0.2, 0.25) is 5.91 Å². The predicted octanol–water partition coefficient (Wildman–Crippen LogP) is 3.22. The van der Waals surface area contributed by atoms with Gasteiger partial charge in [-0.15, -0.1) is 0 Å². The Kier molecular flexibility index (Phi) is 3.67. The summed E-state index contributed by atoms with van der Waals surface area (Å²) in [5.74, 6) is 0.911. The van der Waals surface area contributed by atoms with Crippen LogP contribution in [0, 0.1) is 12.8 Å². The van der Waals surface area contributed by atoms with E-state index in [1.54, 1.807) is 18.2 Å². The lowest BCUT2D eigenvalue weighted by atomic mass is 10.0. The maximum atomic E-state index is 11.8. The second kappa shape index (κ2) is 5.21. The third-order valence-corrected chi connectivity index (χ3v) is 3.43. The van der Waals surface area contributed by atoms with E-state index in [0.717, 1.165) is 11.3 Å². The van der Waals surface area contributed by atoms with Crippen molar-refractivity contribution in [2.75, 3.05) is 5.32 Å². The molecule has 1 aromatic carbocycles. The van der Waals surface area contributed by atoms with Crippen LogP contribution in [0.25, 0.3) is 0 Å². The number of hydrogen-bond donors (Lipinski definition) is 2. The van der Waals surface area contributed by atoms with Gasteiger partial charge in [0.15, 0.2) is 0 Å². The number of nitrogens with one attached hydrogen (secondary N) is 1. The third-order valence-electron chi connectivity index (χ3n) is 3.43. The minimum absolute atomic E-state index is 0.0852. The molecule has 0 saturated heterocycles. The van der Waals surface area contributed by atoms with Crippen LogP contribution in [0.1, 0.15) is 37.7 Å². The van der Waals surface area contributed by atoms with E-state index in [9.17, 15) is 9.90 Å². The monoisotopic (exact) mass is 233 g/mol. The lowest BCUT2D eigenvalue weighted by molar-refractivity contribution is -0.117. The molecular formula is C14H19NO2. The van der Waals surface area contributed by atoms with E-state index in [-0.39, 0.29) is 11.7 Å². The largest absolute Gasteiger partial charge is 0.508 e. The molecule has 2 N–H and O–H groups in total. The molecule has 1 saturated carbocycles. The van der Waals surface area contributed by atoms with Crippen LogP contribution < -0.4 is 5.32 Å². The van der Waals surface area contributed by atoms with Gasteiger partial charge in [0, 0.05) is 12.1 Å². The Hall–Kier alpha value is -1.51. The molecular weight excluding hydrogens is 214 g/mol. The normalized spacial score (nSPS) is 16.1. The molecule has 1 aliphatic carbocycles. The minimum Gasteiger partial charge on any atom is -0.508 e. The van der Waals surface area contributed by atoms with Crippen LogP contribution in [0.5, 0.6) is 5.75 Å². The molecule has 1 aromatic rings. The number of carbonyl (C=O) groups excluding carboxylic acids is 1. The van der Waals surface area contributed by atoms with Crippen LogP contribution in [0.3, 0.4) is 0 Å². The maximum absolute atomic E-state index is 11.8. The van der Waals surface area contributed by atoms with E-state index in [1.807, 2.05) is 6.92 Å². The number of aromatic hydroxyl groups is 1. The molecule has 1 amide bonds. The van der Waals surface area contributed by atoms with Gasteiger partial charge in [-0.3, -0.25) is 4.79 Å². The van der Waals surface area contributed by atoms with Gasteiger partial charge >= 0.3 is 0 Å². The first-order valence-electron chi connectivity index (χ1n) is 6.24. The van der Waals surface area contributed by atoms with Crippen molar-refractivity contribution in [2.45, 2.75) is 39.0 Å². The number of aryl methyl sites for hydroxylation is 1. The number of anilines is 1. The molecule has 0 atom stereocenters. The number of hydrogen-bond acceptors (Lipinski definition) is 2. The summed E-state index contributed by atoms with van der Waals surface area (Å²) >= 11 is 0. The molecule has 0 unspecified atom stereocenters. The molecule has 3 nitrogen and oxygen atoms in total. The topological polar surface area (TPSA) is 49.3 Å². The molecule has 0 heterocycles. The fourth-order valence-electron chi connectivity index (χ4n) is 2.42. The highest BCUT2D eigenvalue weighted by Crippen LogP contribution is 2.28. The molecule has 0 radical (unpaired) electrons. The van der Waals surface area contributed by atoms with Gasteiger partial charge in [-0.1, -0.05) is 12.8 Å². The third kappa shape index (κ3) is 3.22. The Morgan fingerprint density at radius 3 is 2.76 bits per heavy atom. The van der Waals surface area contributed by atoms with Crippen LogP contribution in [0.15, 0.2) is 18.2 Å². The number of carbonyl (C=O) groups is 1. The van der Waals surface area contributed by atoms with E-state index in [2.05, 4.69) is 5.32 Å². The van der Waals surface area contributed by atoms with Crippen molar-refractivity contribution in [3.8, 4) is 5.75 Å². The van der Waals surface area contributed by atoms with Crippen molar-refractivity contribution >= 4 is 11.6 Å². The van der Waals surface area contributed by atoms with Crippen molar-refractivity contribution < 1.29 is 9.90 Å². The number of phenolic OH excluding ortho intramolecular Hbond substituents is 1. The summed E-state index contributed by atoms with van der Waals surface area (Å²) in [6.45, 7) is 1.82. The van der Waals surface area contributed by atoms with Crippen molar-refractivity contribution in [3.05, 3.63) is 23.8 Å². The van der Waals surface area contributed by atoms with Gasteiger partial charge in [-0.25, -0.2) is 0 Å². The zero-order valence-corrected chi connectivity index (χ0v) is 10.2. The Morgan fingerprint density at radius 1 is 1.41 bits per heavy atom. The predicted molar refractivity (Wildman–Crippen MR) is 68.0 cm³/mol. The van der Waals surface area contributed by atoms with Crippen molar-refractivity contribution in [1.82, 2.24) is 0 Å². The van der Waals surface area contributed by atoms with Crippen LogP contribution in [0.4, 0.5) is 5.69 Å². The van der Waals surface area contributed by atoms with Gasteiger partial charge in [-0.05, 0) is 49.4 Å². The zero-order valence-electron chi connectivity index (χ0n) is 10.2. The van der Waals surface area contributed by atoms with Crippen LogP contribution in [-0.2, 0) is 4.79 Å². The van der Waals surface area contributed by atoms with E-state index >= 15 is 0 Å². The summed E-state index contributed by atoms with van der Waals surface area (Å²) in [5, 5.41) is 12.3. The lowest BCUT2D eigenvalue weighted by Gasteiger charge is -2.10. The Labute approximate surface area is 102 Å². The number of rotatable bonds is 3. The average Bonchev–Trinajstić information content (AvgIpc) is 2.76. The average molecular weight is 233 g/mol. The van der Waals surface area contributed by atoms with Gasteiger partial charge in [0.25, 0.3) is 0 Å². The molecule has 2 rings (SSSR count). The number of benzene rings is 1. The standard InChI is InChI=1S/C14H19NO2/c1-10-8-12(6-7-13(10)16)15-14(17)9-11-4-2-3-5-11/h6-8,11,16H,2-5,9H2,1H3,(H,15,17). The first-order chi connectivity index (χ1) is 8.15. The summed E-state index contributed by atoms with van der Waals surface area (Å²) in [5.41, 5.74) is 1.55.